The molecule has 0 aromatic carbocycles. The highest BCUT2D eigenvalue weighted by molar-refractivity contribution is 5.40. The predicted octanol–water partition coefficient (Wildman–Crippen LogP) is 1.75. The van der Waals surface area contributed by atoms with E-state index in [1.54, 1.807) is 0 Å². The van der Waals surface area contributed by atoms with Crippen LogP contribution in [0.5, 0.6) is 0 Å². The molecule has 4 rings (SSSR count). The highest BCUT2D eigenvalue weighted by Crippen LogP contribution is 2.63. The SMILES string of the molecule is C=C1C2CCC3C1C(=C)C2C3O. The molecule has 0 spiro atoms. The van der Waals surface area contributed by atoms with Crippen molar-refractivity contribution in [3.05, 3.63) is 24.3 Å². The van der Waals surface area contributed by atoms with Gasteiger partial charge in [0.25, 0.3) is 0 Å². The molecule has 4 fully saturated rings. The van der Waals surface area contributed by atoms with Crippen LogP contribution in [0.2, 0.25) is 0 Å². The Morgan fingerprint density at radius 3 is 2.42 bits per heavy atom. The van der Waals surface area contributed by atoms with Gasteiger partial charge in [-0.25, -0.2) is 0 Å². The van der Waals surface area contributed by atoms with Crippen molar-refractivity contribution in [1.82, 2.24) is 0 Å². The summed E-state index contributed by atoms with van der Waals surface area (Å²) in [7, 11) is 0. The Balaban J connectivity index is 2.15. The largest absolute Gasteiger partial charge is 0.392 e. The predicted molar refractivity (Wildman–Crippen MR) is 47.5 cm³/mol. The normalized spacial score (nSPS) is 55.6. The number of aliphatic hydroxyl groups is 1. The van der Waals surface area contributed by atoms with E-state index in [0.29, 0.717) is 23.7 Å². The smallest absolute Gasteiger partial charge is 0.0648 e. The van der Waals surface area contributed by atoms with Gasteiger partial charge in [0.2, 0.25) is 0 Å². The lowest BCUT2D eigenvalue weighted by atomic mass is 9.67. The van der Waals surface area contributed by atoms with E-state index in [-0.39, 0.29) is 6.10 Å². The summed E-state index contributed by atoms with van der Waals surface area (Å²) in [5.74, 6) is 1.90. The minimum Gasteiger partial charge on any atom is -0.392 e. The van der Waals surface area contributed by atoms with Gasteiger partial charge in [0.15, 0.2) is 0 Å². The second kappa shape index (κ2) is 1.85. The van der Waals surface area contributed by atoms with Crippen molar-refractivity contribution in [2.24, 2.45) is 23.7 Å². The van der Waals surface area contributed by atoms with E-state index in [4.69, 9.17) is 0 Å². The minimum absolute atomic E-state index is 0.0910. The fraction of sp³-hybridized carbons (Fsp3) is 0.636. The quantitative estimate of drug-likeness (QED) is 0.538. The van der Waals surface area contributed by atoms with Gasteiger partial charge >= 0.3 is 0 Å². The zero-order valence-corrected chi connectivity index (χ0v) is 7.16. The van der Waals surface area contributed by atoms with E-state index in [2.05, 4.69) is 13.2 Å². The number of hydrogen-bond acceptors (Lipinski definition) is 1. The standard InChI is InChI=1S/C11H14O/c1-5-7-3-4-8-9(5)6(2)10(7)11(8)12/h7-12H,1-4H2. The first-order valence-corrected chi connectivity index (χ1v) is 4.77. The second-order valence-corrected chi connectivity index (χ2v) is 4.49. The van der Waals surface area contributed by atoms with Crippen LogP contribution >= 0.6 is 0 Å². The van der Waals surface area contributed by atoms with Gasteiger partial charge < -0.3 is 5.11 Å². The van der Waals surface area contributed by atoms with Crippen molar-refractivity contribution < 1.29 is 5.11 Å². The van der Waals surface area contributed by atoms with E-state index in [1.807, 2.05) is 0 Å². The van der Waals surface area contributed by atoms with Crippen molar-refractivity contribution in [1.29, 1.82) is 0 Å². The molecular weight excluding hydrogens is 148 g/mol. The van der Waals surface area contributed by atoms with Gasteiger partial charge in [0.05, 0.1) is 6.10 Å². The maximum atomic E-state index is 9.90. The Morgan fingerprint density at radius 1 is 1.17 bits per heavy atom. The molecule has 64 valence electrons. The maximum absolute atomic E-state index is 9.90. The van der Waals surface area contributed by atoms with Crippen LogP contribution in [0.3, 0.4) is 0 Å². The second-order valence-electron chi connectivity index (χ2n) is 4.49. The van der Waals surface area contributed by atoms with Gasteiger partial charge in [0.1, 0.15) is 0 Å². The van der Waals surface area contributed by atoms with E-state index in [1.165, 1.54) is 24.0 Å². The van der Waals surface area contributed by atoms with Crippen LogP contribution < -0.4 is 0 Å². The third-order valence-corrected chi connectivity index (χ3v) is 4.18. The lowest BCUT2D eigenvalue weighted by Gasteiger charge is -2.40. The van der Waals surface area contributed by atoms with Crippen LogP contribution in [-0.4, -0.2) is 11.2 Å². The number of allylic oxidation sites excluding steroid dienone is 1. The molecule has 0 radical (unpaired) electrons. The highest BCUT2D eigenvalue weighted by Gasteiger charge is 2.59. The van der Waals surface area contributed by atoms with E-state index >= 15 is 0 Å². The third kappa shape index (κ3) is 0.506. The molecule has 0 aliphatic heterocycles. The van der Waals surface area contributed by atoms with Crippen LogP contribution in [0.15, 0.2) is 24.3 Å². The van der Waals surface area contributed by atoms with Gasteiger partial charge in [-0.2, -0.15) is 0 Å². The van der Waals surface area contributed by atoms with Gasteiger partial charge in [-0.15, -0.1) is 0 Å². The van der Waals surface area contributed by atoms with Crippen LogP contribution in [0.25, 0.3) is 0 Å². The number of rotatable bonds is 0. The zero-order valence-electron chi connectivity index (χ0n) is 7.16. The van der Waals surface area contributed by atoms with E-state index in [0.717, 1.165) is 0 Å². The summed E-state index contributed by atoms with van der Waals surface area (Å²) in [6.07, 6.45) is 2.33. The Labute approximate surface area is 72.8 Å². The summed E-state index contributed by atoms with van der Waals surface area (Å²) in [5, 5.41) is 9.90. The van der Waals surface area contributed by atoms with E-state index < -0.39 is 0 Å². The van der Waals surface area contributed by atoms with Crippen LogP contribution in [0.1, 0.15) is 12.8 Å². The fourth-order valence-corrected chi connectivity index (χ4v) is 3.71. The van der Waals surface area contributed by atoms with Crippen molar-refractivity contribution >= 4 is 0 Å². The summed E-state index contributed by atoms with van der Waals surface area (Å²) < 4.78 is 0. The molecule has 5 atom stereocenters. The molecular formula is C11H14O. The zero-order chi connectivity index (χ0) is 8.46. The molecule has 12 heavy (non-hydrogen) atoms. The molecule has 0 heterocycles. The first kappa shape index (κ1) is 6.90. The lowest BCUT2D eigenvalue weighted by molar-refractivity contribution is 0.0159. The van der Waals surface area contributed by atoms with Crippen molar-refractivity contribution in [2.45, 2.75) is 18.9 Å². The number of aliphatic hydroxyl groups excluding tert-OH is 1. The molecule has 4 saturated carbocycles. The van der Waals surface area contributed by atoms with Crippen LogP contribution in [0.4, 0.5) is 0 Å². The van der Waals surface area contributed by atoms with Crippen molar-refractivity contribution in [2.75, 3.05) is 0 Å². The lowest BCUT2D eigenvalue weighted by Crippen LogP contribution is -2.39. The summed E-state index contributed by atoms with van der Waals surface area (Å²) in [5.41, 5.74) is 2.64. The van der Waals surface area contributed by atoms with Crippen molar-refractivity contribution in [3.63, 3.8) is 0 Å². The average Bonchev–Trinajstić information content (AvgIpc) is 2.38. The third-order valence-electron chi connectivity index (χ3n) is 4.18. The number of fused-ring (bicyclic) bond motifs is 1. The summed E-state index contributed by atoms with van der Waals surface area (Å²) in [6, 6.07) is 0. The van der Waals surface area contributed by atoms with E-state index in [9.17, 15) is 5.11 Å². The minimum atomic E-state index is -0.0910. The molecule has 0 aromatic heterocycles. The molecule has 4 aliphatic carbocycles. The molecule has 0 amide bonds. The molecule has 0 saturated heterocycles. The molecule has 4 aliphatic rings. The average molecular weight is 162 g/mol. The Kier molecular flexibility index (Phi) is 1.06. The molecule has 1 nitrogen and oxygen atoms in total. The van der Waals surface area contributed by atoms with Crippen LogP contribution in [-0.2, 0) is 0 Å². The maximum Gasteiger partial charge on any atom is 0.0648 e. The van der Waals surface area contributed by atoms with Gasteiger partial charge in [-0.1, -0.05) is 24.3 Å². The first-order chi connectivity index (χ1) is 5.72. The molecule has 5 unspecified atom stereocenters. The summed E-state index contributed by atoms with van der Waals surface area (Å²) in [6.45, 7) is 8.23. The Hall–Kier alpha value is -0.560. The molecule has 1 heteroatoms. The van der Waals surface area contributed by atoms with Gasteiger partial charge in [-0.3, -0.25) is 0 Å². The van der Waals surface area contributed by atoms with Crippen molar-refractivity contribution in [3.8, 4) is 0 Å². The first-order valence-electron chi connectivity index (χ1n) is 4.77. The van der Waals surface area contributed by atoms with Gasteiger partial charge in [-0.05, 0) is 24.7 Å². The summed E-state index contributed by atoms with van der Waals surface area (Å²) in [4.78, 5) is 0. The molecule has 1 N–H and O–H groups in total. The fourth-order valence-electron chi connectivity index (χ4n) is 3.71. The molecule has 0 aromatic rings. The highest BCUT2D eigenvalue weighted by atomic mass is 16.3. The summed E-state index contributed by atoms with van der Waals surface area (Å²) >= 11 is 0. The Bertz CT molecular complexity index is 279. The van der Waals surface area contributed by atoms with Crippen LogP contribution in [0, 0.1) is 23.7 Å². The Morgan fingerprint density at radius 2 is 1.92 bits per heavy atom. The monoisotopic (exact) mass is 162 g/mol. The molecule has 4 bridgehead atoms. The van der Waals surface area contributed by atoms with Gasteiger partial charge in [0, 0.05) is 11.8 Å². The number of hydrogen-bond donors (Lipinski definition) is 1. The topological polar surface area (TPSA) is 20.2 Å².